The first-order chi connectivity index (χ1) is 17.7. The van der Waals surface area contributed by atoms with Gasteiger partial charge in [0.2, 0.25) is 0 Å². The Morgan fingerprint density at radius 1 is 0.973 bits per heavy atom. The molecular weight excluding hydrogens is 529 g/mol. The van der Waals surface area contributed by atoms with Crippen molar-refractivity contribution in [2.24, 2.45) is 0 Å². The molecule has 37 heavy (non-hydrogen) atoms. The van der Waals surface area contributed by atoms with E-state index >= 15 is 0 Å². The van der Waals surface area contributed by atoms with Gasteiger partial charge in [0.25, 0.3) is 11.5 Å². The number of halogens is 4. The fourth-order valence-corrected chi connectivity index (χ4v) is 4.56. The van der Waals surface area contributed by atoms with Gasteiger partial charge in [-0.1, -0.05) is 29.3 Å². The van der Waals surface area contributed by atoms with Gasteiger partial charge in [0.15, 0.2) is 17.4 Å². The van der Waals surface area contributed by atoms with Crippen LogP contribution in [0.15, 0.2) is 64.3 Å². The summed E-state index contributed by atoms with van der Waals surface area (Å²) in [5.74, 6) is -1.63. The average molecular weight is 545 g/mol. The van der Waals surface area contributed by atoms with E-state index in [0.717, 1.165) is 28.6 Å². The van der Waals surface area contributed by atoms with Crippen molar-refractivity contribution in [2.45, 2.75) is 13.0 Å². The molecule has 1 aromatic heterocycles. The molecule has 3 aromatic carbocycles. The van der Waals surface area contributed by atoms with E-state index in [2.05, 4.69) is 10.1 Å². The highest BCUT2D eigenvalue weighted by Crippen LogP contribution is 2.39. The van der Waals surface area contributed by atoms with Crippen LogP contribution in [0.3, 0.4) is 0 Å². The average Bonchev–Trinajstić information content (AvgIpc) is 2.85. The van der Waals surface area contributed by atoms with E-state index in [0.29, 0.717) is 29.8 Å². The maximum atomic E-state index is 13.5. The number of aromatic amines is 1. The fraction of sp³-hybridized carbons (Fsp3) is 0.120. The summed E-state index contributed by atoms with van der Waals surface area (Å²) in [6.07, 6.45) is 1.46. The first-order valence-corrected chi connectivity index (χ1v) is 11.7. The summed E-state index contributed by atoms with van der Waals surface area (Å²) in [5.41, 5.74) is 0.528. The smallest absolute Gasteiger partial charge is 0.349 e. The molecule has 0 radical (unpaired) electrons. The van der Waals surface area contributed by atoms with Gasteiger partial charge in [0, 0.05) is 18.7 Å². The number of hydrogen-bond donors (Lipinski definition) is 1. The minimum atomic E-state index is -0.962. The molecule has 0 atom stereocenters. The van der Waals surface area contributed by atoms with Gasteiger partial charge in [-0.15, -0.1) is 0 Å². The highest BCUT2D eigenvalue weighted by Gasteiger charge is 2.25. The van der Waals surface area contributed by atoms with E-state index in [1.54, 1.807) is 23.1 Å². The van der Waals surface area contributed by atoms with Gasteiger partial charge in [-0.05, 0) is 60.0 Å². The molecule has 0 fully saturated rings. The lowest BCUT2D eigenvalue weighted by atomic mass is 9.98. The predicted octanol–water partition coefficient (Wildman–Crippen LogP) is 4.50. The zero-order chi connectivity index (χ0) is 26.3. The van der Waals surface area contributed by atoms with Crippen molar-refractivity contribution < 1.29 is 18.3 Å². The second kappa shape index (κ2) is 9.79. The zero-order valence-electron chi connectivity index (χ0n) is 18.8. The van der Waals surface area contributed by atoms with Crippen LogP contribution in [0, 0.1) is 11.6 Å². The Hall–Kier alpha value is -4.02. The minimum Gasteiger partial charge on any atom is -0.454 e. The number of benzene rings is 3. The third-order valence-corrected chi connectivity index (χ3v) is 6.32. The Labute approximate surface area is 217 Å². The minimum absolute atomic E-state index is 0.0916. The maximum Gasteiger partial charge on any atom is 0.349 e. The van der Waals surface area contributed by atoms with Crippen molar-refractivity contribution in [1.82, 2.24) is 19.7 Å². The fourth-order valence-electron chi connectivity index (χ4n) is 4.01. The van der Waals surface area contributed by atoms with Crippen LogP contribution in [0.4, 0.5) is 8.78 Å². The monoisotopic (exact) mass is 544 g/mol. The summed E-state index contributed by atoms with van der Waals surface area (Å²) < 4.78 is 33.6. The lowest BCUT2D eigenvalue weighted by Crippen LogP contribution is -2.37. The van der Waals surface area contributed by atoms with E-state index in [1.165, 1.54) is 18.2 Å². The molecule has 0 saturated heterocycles. The van der Waals surface area contributed by atoms with Crippen molar-refractivity contribution in [1.29, 1.82) is 0 Å². The van der Waals surface area contributed by atoms with E-state index in [1.807, 2.05) is 0 Å². The number of carbonyl (C=O) groups is 1. The summed E-state index contributed by atoms with van der Waals surface area (Å²) in [6.45, 7) is 0.532. The van der Waals surface area contributed by atoms with Gasteiger partial charge >= 0.3 is 5.69 Å². The highest BCUT2D eigenvalue weighted by molar-refractivity contribution is 6.37. The largest absolute Gasteiger partial charge is 0.454 e. The van der Waals surface area contributed by atoms with Gasteiger partial charge in [0.1, 0.15) is 11.9 Å². The van der Waals surface area contributed by atoms with Crippen molar-refractivity contribution >= 4 is 29.1 Å². The summed E-state index contributed by atoms with van der Waals surface area (Å²) in [6, 6.07) is 11.3. The molecule has 1 aliphatic rings. The Morgan fingerprint density at radius 2 is 1.73 bits per heavy atom. The van der Waals surface area contributed by atoms with Crippen molar-refractivity contribution in [3.05, 3.63) is 114 Å². The lowest BCUT2D eigenvalue weighted by Gasteiger charge is -2.29. The van der Waals surface area contributed by atoms with Gasteiger partial charge in [-0.3, -0.25) is 14.6 Å². The summed E-state index contributed by atoms with van der Waals surface area (Å²) in [5, 5.41) is 3.95. The van der Waals surface area contributed by atoms with Crippen LogP contribution >= 0.6 is 23.2 Å². The molecule has 1 aliphatic heterocycles. The van der Waals surface area contributed by atoms with Crippen LogP contribution in [0.25, 0.3) is 5.69 Å². The molecule has 0 unspecified atom stereocenters. The van der Waals surface area contributed by atoms with E-state index in [4.69, 9.17) is 27.9 Å². The number of aromatic nitrogens is 3. The maximum absolute atomic E-state index is 13.5. The van der Waals surface area contributed by atoms with Crippen LogP contribution in [-0.2, 0) is 13.0 Å². The van der Waals surface area contributed by atoms with Crippen LogP contribution in [-0.4, -0.2) is 32.1 Å². The van der Waals surface area contributed by atoms with Crippen molar-refractivity contribution in [3.63, 3.8) is 0 Å². The number of ether oxygens (including phenoxy) is 1. The molecule has 188 valence electrons. The van der Waals surface area contributed by atoms with E-state index in [9.17, 15) is 23.2 Å². The third kappa shape index (κ3) is 4.98. The first-order valence-electron chi connectivity index (χ1n) is 10.9. The number of rotatable bonds is 5. The zero-order valence-corrected chi connectivity index (χ0v) is 20.3. The van der Waals surface area contributed by atoms with Crippen LogP contribution in [0.2, 0.25) is 10.0 Å². The molecular formula is C25H16Cl2F2N4O4. The van der Waals surface area contributed by atoms with Gasteiger partial charge < -0.3 is 9.64 Å². The number of nitrogens with zero attached hydrogens (tertiary/aromatic N) is 3. The molecule has 1 N–H and O–H groups in total. The first kappa shape index (κ1) is 24.7. The van der Waals surface area contributed by atoms with Crippen molar-refractivity contribution in [2.75, 3.05) is 6.54 Å². The quantitative estimate of drug-likeness (QED) is 0.399. The summed E-state index contributed by atoms with van der Waals surface area (Å²) >= 11 is 12.7. The van der Waals surface area contributed by atoms with Crippen LogP contribution < -0.4 is 16.0 Å². The van der Waals surface area contributed by atoms with E-state index < -0.39 is 22.9 Å². The predicted molar refractivity (Wildman–Crippen MR) is 132 cm³/mol. The number of hydrogen-bond acceptors (Lipinski definition) is 5. The second-order valence-electron chi connectivity index (χ2n) is 8.24. The molecule has 1 amide bonds. The summed E-state index contributed by atoms with van der Waals surface area (Å²) in [7, 11) is 0. The molecule has 4 aromatic rings. The van der Waals surface area contributed by atoms with Gasteiger partial charge in [0.05, 0.1) is 15.7 Å². The Morgan fingerprint density at radius 3 is 2.43 bits per heavy atom. The Kier molecular flexibility index (Phi) is 6.53. The second-order valence-corrected chi connectivity index (χ2v) is 9.05. The molecule has 0 bridgehead atoms. The molecule has 0 saturated carbocycles. The number of H-pyrrole nitrogens is 1. The van der Waals surface area contributed by atoms with Crippen LogP contribution in [0.1, 0.15) is 21.5 Å². The molecule has 0 aliphatic carbocycles. The molecule has 5 rings (SSSR count). The Bertz CT molecular complexity index is 1650. The molecule has 0 spiro atoms. The Balaban J connectivity index is 1.36. The number of fused-ring (bicyclic) bond motifs is 1. The topological polar surface area (TPSA) is 97.3 Å². The SMILES string of the molecule is O=C1c2ccc(Oc3c(Cl)cc(-n4ncc(=O)[nH]c4=O)cc3Cl)cc2CCN1Cc1ccc(F)c(F)c1. The lowest BCUT2D eigenvalue weighted by molar-refractivity contribution is 0.0726. The summed E-state index contributed by atoms with van der Waals surface area (Å²) in [4.78, 5) is 39.9. The van der Waals surface area contributed by atoms with Gasteiger partial charge in [-0.25, -0.2) is 13.6 Å². The van der Waals surface area contributed by atoms with E-state index in [-0.39, 0.29) is 33.9 Å². The third-order valence-electron chi connectivity index (χ3n) is 5.76. The van der Waals surface area contributed by atoms with Crippen molar-refractivity contribution in [3.8, 4) is 17.2 Å². The molecule has 2 heterocycles. The standard InChI is InChI=1S/C25H16Cl2F2N4O4/c26-18-9-15(33-25(36)31-22(34)11-30-33)10-19(27)23(18)37-16-2-3-17-14(8-16)5-6-32(24(17)35)12-13-1-4-20(28)21(29)7-13/h1-4,7-11H,5-6,12H2,(H,31,34,36). The number of nitrogens with one attached hydrogen (secondary N) is 1. The molecule has 8 nitrogen and oxygen atoms in total. The molecule has 12 heteroatoms. The van der Waals surface area contributed by atoms with Gasteiger partial charge in [-0.2, -0.15) is 9.78 Å². The normalized spacial score (nSPS) is 13.0. The highest BCUT2D eigenvalue weighted by atomic mass is 35.5. The van der Waals surface area contributed by atoms with Crippen LogP contribution in [0.5, 0.6) is 11.5 Å². The number of amides is 1. The number of carbonyl (C=O) groups excluding carboxylic acids is 1.